The van der Waals surface area contributed by atoms with Gasteiger partial charge in [-0.3, -0.25) is 0 Å². The number of hydrogen-bond donors (Lipinski definition) is 1. The van der Waals surface area contributed by atoms with Gasteiger partial charge in [-0.05, 0) is 31.7 Å². The van der Waals surface area contributed by atoms with Crippen LogP contribution in [0.3, 0.4) is 0 Å². The lowest BCUT2D eigenvalue weighted by molar-refractivity contribution is 0.000207. The molecule has 4 nitrogen and oxygen atoms in total. The van der Waals surface area contributed by atoms with Crippen LogP contribution in [0.2, 0.25) is 0 Å². The Labute approximate surface area is 109 Å². The predicted molar refractivity (Wildman–Crippen MR) is 72.1 cm³/mol. The maximum Gasteiger partial charge on any atom is 0.118 e. The van der Waals surface area contributed by atoms with E-state index in [9.17, 15) is 0 Å². The summed E-state index contributed by atoms with van der Waals surface area (Å²) in [5.74, 6) is 0.863. The zero-order valence-electron chi connectivity index (χ0n) is 11.6. The average molecular weight is 253 g/mol. The summed E-state index contributed by atoms with van der Waals surface area (Å²) in [5, 5.41) is 3.25. The molecular formula is C14H23NO3. The van der Waals surface area contributed by atoms with Crippen LogP contribution in [0.4, 0.5) is 0 Å². The highest BCUT2D eigenvalue weighted by atomic mass is 16.5. The van der Waals surface area contributed by atoms with E-state index in [1.54, 1.807) is 14.2 Å². The van der Waals surface area contributed by atoms with Gasteiger partial charge in [0.1, 0.15) is 5.75 Å². The molecule has 0 aromatic heterocycles. The first-order valence-electron chi connectivity index (χ1n) is 6.13. The Bertz CT molecular complexity index is 326. The summed E-state index contributed by atoms with van der Waals surface area (Å²) in [6.07, 6.45) is 0.101. The van der Waals surface area contributed by atoms with Gasteiger partial charge >= 0.3 is 0 Å². The fraction of sp³-hybridized carbons (Fsp3) is 0.571. The van der Waals surface area contributed by atoms with E-state index in [0.717, 1.165) is 5.75 Å². The molecule has 2 atom stereocenters. The molecule has 2 unspecified atom stereocenters. The molecule has 1 N–H and O–H groups in total. The fourth-order valence-electron chi connectivity index (χ4n) is 1.73. The van der Waals surface area contributed by atoms with Crippen LogP contribution in [0, 0.1) is 0 Å². The van der Waals surface area contributed by atoms with Crippen LogP contribution < -0.4 is 10.1 Å². The molecule has 0 fully saturated rings. The number of rotatable bonds is 8. The van der Waals surface area contributed by atoms with Crippen molar-refractivity contribution in [2.45, 2.75) is 19.1 Å². The van der Waals surface area contributed by atoms with Crippen molar-refractivity contribution in [2.24, 2.45) is 0 Å². The van der Waals surface area contributed by atoms with Crippen LogP contribution in [-0.4, -0.2) is 40.6 Å². The normalized spacial score (nSPS) is 14.2. The molecule has 0 saturated carbocycles. The Balaban J connectivity index is 2.53. The number of benzene rings is 1. The summed E-state index contributed by atoms with van der Waals surface area (Å²) < 4.78 is 15.9. The van der Waals surface area contributed by atoms with Crippen molar-refractivity contribution in [1.82, 2.24) is 5.32 Å². The average Bonchev–Trinajstić information content (AvgIpc) is 2.40. The van der Waals surface area contributed by atoms with E-state index >= 15 is 0 Å². The van der Waals surface area contributed by atoms with Crippen molar-refractivity contribution >= 4 is 0 Å². The maximum absolute atomic E-state index is 5.73. The molecule has 18 heavy (non-hydrogen) atoms. The Morgan fingerprint density at radius 3 is 2.28 bits per heavy atom. The second-order valence-electron chi connectivity index (χ2n) is 4.21. The molecule has 0 amide bonds. The molecule has 0 radical (unpaired) electrons. The van der Waals surface area contributed by atoms with E-state index in [1.807, 2.05) is 38.2 Å². The third kappa shape index (κ3) is 4.64. The smallest absolute Gasteiger partial charge is 0.118 e. The second-order valence-corrected chi connectivity index (χ2v) is 4.21. The summed E-state index contributed by atoms with van der Waals surface area (Å²) in [6.45, 7) is 3.23. The molecule has 0 aliphatic heterocycles. The lowest BCUT2D eigenvalue weighted by Crippen LogP contribution is -2.25. The highest BCUT2D eigenvalue weighted by Gasteiger charge is 2.11. The SMILES string of the molecule is CNC(COC(C)COC)c1ccc(OC)cc1. The van der Waals surface area contributed by atoms with Gasteiger partial charge in [0.05, 0.1) is 32.5 Å². The highest BCUT2D eigenvalue weighted by Crippen LogP contribution is 2.18. The molecule has 1 rings (SSSR count). The van der Waals surface area contributed by atoms with Gasteiger partial charge in [-0.1, -0.05) is 12.1 Å². The van der Waals surface area contributed by atoms with Crippen molar-refractivity contribution in [2.75, 3.05) is 34.5 Å². The molecule has 0 spiro atoms. The minimum atomic E-state index is 0.101. The Morgan fingerprint density at radius 1 is 1.11 bits per heavy atom. The third-order valence-corrected chi connectivity index (χ3v) is 2.82. The molecule has 1 aromatic rings. The van der Waals surface area contributed by atoms with Gasteiger partial charge in [-0.15, -0.1) is 0 Å². The van der Waals surface area contributed by atoms with E-state index in [1.165, 1.54) is 5.56 Å². The molecule has 0 aliphatic carbocycles. The number of likely N-dealkylation sites (N-methyl/N-ethyl adjacent to an activating group) is 1. The first-order chi connectivity index (χ1) is 8.71. The van der Waals surface area contributed by atoms with E-state index < -0.39 is 0 Å². The zero-order valence-corrected chi connectivity index (χ0v) is 11.6. The van der Waals surface area contributed by atoms with Gasteiger partial charge in [-0.25, -0.2) is 0 Å². The quantitative estimate of drug-likeness (QED) is 0.769. The fourth-order valence-corrected chi connectivity index (χ4v) is 1.73. The van der Waals surface area contributed by atoms with Crippen molar-refractivity contribution in [3.8, 4) is 5.75 Å². The van der Waals surface area contributed by atoms with Crippen molar-refractivity contribution in [3.05, 3.63) is 29.8 Å². The van der Waals surface area contributed by atoms with Gasteiger partial charge < -0.3 is 19.5 Å². The Kier molecular flexibility index (Phi) is 6.72. The van der Waals surface area contributed by atoms with E-state index in [0.29, 0.717) is 13.2 Å². The van der Waals surface area contributed by atoms with Crippen molar-refractivity contribution < 1.29 is 14.2 Å². The standard InChI is InChI=1S/C14H23NO3/c1-11(9-16-3)18-10-14(15-2)12-5-7-13(17-4)8-6-12/h5-8,11,14-15H,9-10H2,1-4H3. The van der Waals surface area contributed by atoms with Crippen molar-refractivity contribution in [3.63, 3.8) is 0 Å². The molecule has 0 heterocycles. The van der Waals surface area contributed by atoms with Crippen LogP contribution in [0.25, 0.3) is 0 Å². The van der Waals surface area contributed by atoms with Crippen LogP contribution in [0.5, 0.6) is 5.75 Å². The summed E-state index contributed by atoms with van der Waals surface area (Å²) in [6, 6.07) is 8.18. The molecule has 0 saturated heterocycles. The van der Waals surface area contributed by atoms with Crippen LogP contribution in [-0.2, 0) is 9.47 Å². The van der Waals surface area contributed by atoms with E-state index in [4.69, 9.17) is 14.2 Å². The first kappa shape index (κ1) is 15.0. The van der Waals surface area contributed by atoms with Gasteiger partial charge in [0.2, 0.25) is 0 Å². The summed E-state index contributed by atoms with van der Waals surface area (Å²) in [4.78, 5) is 0. The predicted octanol–water partition coefficient (Wildman–Crippen LogP) is 2.01. The first-order valence-corrected chi connectivity index (χ1v) is 6.13. The minimum absolute atomic E-state index is 0.101. The van der Waals surface area contributed by atoms with Gasteiger partial charge in [0.25, 0.3) is 0 Å². The molecule has 4 heteroatoms. The van der Waals surface area contributed by atoms with E-state index in [-0.39, 0.29) is 12.1 Å². The van der Waals surface area contributed by atoms with Gasteiger partial charge in [-0.2, -0.15) is 0 Å². The molecule has 0 aliphatic rings. The monoisotopic (exact) mass is 253 g/mol. The van der Waals surface area contributed by atoms with Crippen LogP contribution in [0.15, 0.2) is 24.3 Å². The molecule has 1 aromatic carbocycles. The highest BCUT2D eigenvalue weighted by molar-refractivity contribution is 5.29. The zero-order chi connectivity index (χ0) is 13.4. The number of hydrogen-bond acceptors (Lipinski definition) is 4. The minimum Gasteiger partial charge on any atom is -0.497 e. The third-order valence-electron chi connectivity index (χ3n) is 2.82. The maximum atomic E-state index is 5.73. The molecule has 102 valence electrons. The summed E-state index contributed by atoms with van der Waals surface area (Å²) in [7, 11) is 5.28. The molecular weight excluding hydrogens is 230 g/mol. The number of nitrogens with one attached hydrogen (secondary N) is 1. The Morgan fingerprint density at radius 2 is 1.78 bits per heavy atom. The number of ether oxygens (including phenoxy) is 3. The lowest BCUT2D eigenvalue weighted by atomic mass is 10.1. The Hall–Kier alpha value is -1.10. The van der Waals surface area contributed by atoms with E-state index in [2.05, 4.69) is 5.32 Å². The van der Waals surface area contributed by atoms with Crippen LogP contribution >= 0.6 is 0 Å². The number of methoxy groups -OCH3 is 2. The van der Waals surface area contributed by atoms with Gasteiger partial charge in [0.15, 0.2) is 0 Å². The van der Waals surface area contributed by atoms with Crippen molar-refractivity contribution in [1.29, 1.82) is 0 Å². The summed E-state index contributed by atoms with van der Waals surface area (Å²) >= 11 is 0. The lowest BCUT2D eigenvalue weighted by Gasteiger charge is -2.20. The second kappa shape index (κ2) is 8.08. The largest absolute Gasteiger partial charge is 0.497 e. The molecule has 0 bridgehead atoms. The topological polar surface area (TPSA) is 39.7 Å². The summed E-state index contributed by atoms with van der Waals surface area (Å²) in [5.41, 5.74) is 1.18. The van der Waals surface area contributed by atoms with Crippen LogP contribution in [0.1, 0.15) is 18.5 Å². The van der Waals surface area contributed by atoms with Gasteiger partial charge in [0, 0.05) is 7.11 Å².